The number of thiophene rings is 2. The van der Waals surface area contributed by atoms with Gasteiger partial charge < -0.3 is 10.0 Å². The van der Waals surface area contributed by atoms with E-state index < -0.39 is 12.0 Å². The molecular weight excluding hydrogens is 294 g/mol. The van der Waals surface area contributed by atoms with Crippen molar-refractivity contribution in [3.05, 3.63) is 44.3 Å². The highest BCUT2D eigenvalue weighted by atomic mass is 32.1. The fraction of sp³-hybridized carbons (Fsp3) is 0.286. The van der Waals surface area contributed by atoms with E-state index in [0.717, 1.165) is 21.7 Å². The van der Waals surface area contributed by atoms with Crippen LogP contribution < -0.4 is 0 Å². The summed E-state index contributed by atoms with van der Waals surface area (Å²) in [5, 5.41) is 13.3. The summed E-state index contributed by atoms with van der Waals surface area (Å²) in [7, 11) is 0. The van der Waals surface area contributed by atoms with Gasteiger partial charge in [-0.25, -0.2) is 4.79 Å². The number of amides is 1. The lowest BCUT2D eigenvalue weighted by molar-refractivity contribution is -0.150. The van der Waals surface area contributed by atoms with E-state index in [4.69, 9.17) is 0 Å². The van der Waals surface area contributed by atoms with E-state index in [1.165, 1.54) is 16.2 Å². The number of nitrogens with zero attached hydrogens (tertiary/aromatic N) is 1. The summed E-state index contributed by atoms with van der Waals surface area (Å²) in [6, 6.07) is 4.79. The van der Waals surface area contributed by atoms with Crippen LogP contribution in [-0.2, 0) is 22.4 Å². The zero-order valence-corrected chi connectivity index (χ0v) is 12.2. The van der Waals surface area contributed by atoms with Gasteiger partial charge in [-0.05, 0) is 34.9 Å². The van der Waals surface area contributed by atoms with Crippen LogP contribution in [0.3, 0.4) is 0 Å². The van der Waals surface area contributed by atoms with Gasteiger partial charge >= 0.3 is 5.97 Å². The molecule has 3 rings (SSSR count). The lowest BCUT2D eigenvalue weighted by Gasteiger charge is -2.33. The molecule has 20 heavy (non-hydrogen) atoms. The van der Waals surface area contributed by atoms with Crippen LogP contribution in [0.25, 0.3) is 0 Å². The average Bonchev–Trinajstić information content (AvgIpc) is 3.06. The maximum absolute atomic E-state index is 12.4. The molecule has 0 saturated heterocycles. The van der Waals surface area contributed by atoms with Crippen molar-refractivity contribution in [2.24, 2.45) is 0 Å². The van der Waals surface area contributed by atoms with E-state index in [1.54, 1.807) is 11.3 Å². The third-order valence-electron chi connectivity index (χ3n) is 3.43. The molecule has 0 aliphatic carbocycles. The quantitative estimate of drug-likeness (QED) is 0.948. The van der Waals surface area contributed by atoms with E-state index in [0.29, 0.717) is 6.54 Å². The molecule has 104 valence electrons. The summed E-state index contributed by atoms with van der Waals surface area (Å²) < 4.78 is 0. The molecule has 1 unspecified atom stereocenters. The maximum atomic E-state index is 12.4. The second-order valence-corrected chi connectivity index (χ2v) is 6.67. The van der Waals surface area contributed by atoms with Gasteiger partial charge in [-0.3, -0.25) is 4.79 Å². The van der Waals surface area contributed by atoms with Gasteiger partial charge in [0.2, 0.25) is 5.91 Å². The molecule has 1 amide bonds. The fourth-order valence-electron chi connectivity index (χ4n) is 2.52. The van der Waals surface area contributed by atoms with Gasteiger partial charge in [0.05, 0.1) is 6.42 Å². The summed E-state index contributed by atoms with van der Waals surface area (Å²) in [5.74, 6) is -1.07. The highest BCUT2D eigenvalue weighted by Crippen LogP contribution is 2.33. The van der Waals surface area contributed by atoms with Gasteiger partial charge in [-0.1, -0.05) is 6.07 Å². The number of hydrogen-bond donors (Lipinski definition) is 1. The molecule has 0 radical (unpaired) electrons. The van der Waals surface area contributed by atoms with Gasteiger partial charge in [-0.15, -0.1) is 22.7 Å². The van der Waals surface area contributed by atoms with Crippen molar-refractivity contribution >= 4 is 34.6 Å². The van der Waals surface area contributed by atoms with E-state index in [-0.39, 0.29) is 12.3 Å². The van der Waals surface area contributed by atoms with Gasteiger partial charge in [-0.2, -0.15) is 0 Å². The van der Waals surface area contributed by atoms with Crippen LogP contribution in [0.1, 0.15) is 21.4 Å². The summed E-state index contributed by atoms with van der Waals surface area (Å²) in [6.07, 6.45) is 1.02. The van der Waals surface area contributed by atoms with Crippen LogP contribution in [0.4, 0.5) is 0 Å². The predicted molar refractivity (Wildman–Crippen MR) is 78.1 cm³/mol. The fourth-order valence-corrected chi connectivity index (χ4v) is 4.11. The van der Waals surface area contributed by atoms with E-state index in [9.17, 15) is 14.7 Å². The zero-order chi connectivity index (χ0) is 14.1. The van der Waals surface area contributed by atoms with Crippen LogP contribution in [0, 0.1) is 0 Å². The number of carbonyl (C=O) groups excluding carboxylic acids is 1. The minimum absolute atomic E-state index is 0.114. The molecule has 0 bridgehead atoms. The van der Waals surface area contributed by atoms with Crippen molar-refractivity contribution in [1.29, 1.82) is 0 Å². The topological polar surface area (TPSA) is 57.6 Å². The molecule has 0 saturated carbocycles. The summed E-state index contributed by atoms with van der Waals surface area (Å²) >= 11 is 3.09. The van der Waals surface area contributed by atoms with Gasteiger partial charge in [0.25, 0.3) is 0 Å². The molecular formula is C14H13NO3S2. The number of hydrogen-bond acceptors (Lipinski definition) is 4. The Morgan fingerprint density at radius 2 is 2.15 bits per heavy atom. The third-order valence-corrected chi connectivity index (χ3v) is 5.30. The molecule has 2 aromatic rings. The van der Waals surface area contributed by atoms with Crippen molar-refractivity contribution in [2.45, 2.75) is 18.9 Å². The zero-order valence-electron chi connectivity index (χ0n) is 10.6. The smallest absolute Gasteiger partial charge is 0.331 e. The van der Waals surface area contributed by atoms with Crippen LogP contribution in [0.15, 0.2) is 29.0 Å². The second kappa shape index (κ2) is 5.38. The first-order chi connectivity index (χ1) is 9.66. The van der Waals surface area contributed by atoms with Crippen molar-refractivity contribution in [3.8, 4) is 0 Å². The Kier molecular flexibility index (Phi) is 3.58. The average molecular weight is 307 g/mol. The van der Waals surface area contributed by atoms with E-state index in [1.807, 2.05) is 29.0 Å². The highest BCUT2D eigenvalue weighted by molar-refractivity contribution is 7.10. The molecule has 1 aliphatic rings. The lowest BCUT2D eigenvalue weighted by atomic mass is 9.99. The first-order valence-corrected chi connectivity index (χ1v) is 8.03. The number of aliphatic carboxylic acids is 1. The molecule has 0 aromatic carbocycles. The Labute approximate surface area is 124 Å². The van der Waals surface area contributed by atoms with Crippen LogP contribution in [-0.4, -0.2) is 28.4 Å². The number of fused-ring (bicyclic) bond motifs is 1. The monoisotopic (exact) mass is 307 g/mol. The summed E-state index contributed by atoms with van der Waals surface area (Å²) in [4.78, 5) is 27.5. The Morgan fingerprint density at radius 1 is 1.30 bits per heavy atom. The molecule has 3 heterocycles. The van der Waals surface area contributed by atoms with Gasteiger partial charge in [0, 0.05) is 16.3 Å². The standard InChI is InChI=1S/C14H13NO3S2/c16-12(8-9-2-1-6-19-9)15-5-3-11-10(4-7-20-11)13(15)14(17)18/h1-2,4,6-7,13H,3,5,8H2,(H,17,18). The molecule has 1 N–H and O–H groups in total. The molecule has 1 atom stereocenters. The predicted octanol–water partition coefficient (Wildman–Crippen LogP) is 2.56. The SMILES string of the molecule is O=C(O)C1c2ccsc2CCN1C(=O)Cc1cccs1. The van der Waals surface area contributed by atoms with Crippen molar-refractivity contribution in [3.63, 3.8) is 0 Å². The minimum Gasteiger partial charge on any atom is -0.479 e. The normalized spacial score (nSPS) is 17.8. The van der Waals surface area contributed by atoms with Crippen molar-refractivity contribution in [2.75, 3.05) is 6.54 Å². The number of rotatable bonds is 3. The Hall–Kier alpha value is -1.66. The van der Waals surface area contributed by atoms with Crippen LogP contribution in [0.2, 0.25) is 0 Å². The van der Waals surface area contributed by atoms with Gasteiger partial charge in [0.15, 0.2) is 6.04 Å². The molecule has 1 aliphatic heterocycles. The maximum Gasteiger partial charge on any atom is 0.331 e. The first-order valence-electron chi connectivity index (χ1n) is 6.27. The number of carbonyl (C=O) groups is 2. The third kappa shape index (κ3) is 2.36. The molecule has 6 heteroatoms. The minimum atomic E-state index is -0.955. The Morgan fingerprint density at radius 3 is 2.85 bits per heavy atom. The van der Waals surface area contributed by atoms with E-state index in [2.05, 4.69) is 0 Å². The highest BCUT2D eigenvalue weighted by Gasteiger charge is 2.36. The number of carboxylic acids is 1. The number of carboxylic acid groups (broad SMARTS) is 1. The Bertz CT molecular complexity index is 633. The van der Waals surface area contributed by atoms with Gasteiger partial charge in [0.1, 0.15) is 0 Å². The molecule has 4 nitrogen and oxygen atoms in total. The lowest BCUT2D eigenvalue weighted by Crippen LogP contribution is -2.43. The molecule has 0 fully saturated rings. The second-order valence-electron chi connectivity index (χ2n) is 4.63. The van der Waals surface area contributed by atoms with E-state index >= 15 is 0 Å². The van der Waals surface area contributed by atoms with Crippen LogP contribution in [0.5, 0.6) is 0 Å². The first kappa shape index (κ1) is 13.3. The molecule has 0 spiro atoms. The Balaban J connectivity index is 1.85. The summed E-state index contributed by atoms with van der Waals surface area (Å²) in [6.45, 7) is 0.481. The largest absolute Gasteiger partial charge is 0.479 e. The van der Waals surface area contributed by atoms with Crippen molar-refractivity contribution in [1.82, 2.24) is 4.90 Å². The molecule has 2 aromatic heterocycles. The van der Waals surface area contributed by atoms with Crippen molar-refractivity contribution < 1.29 is 14.7 Å². The summed E-state index contributed by atoms with van der Waals surface area (Å²) in [5.41, 5.74) is 0.772. The van der Waals surface area contributed by atoms with Crippen LogP contribution >= 0.6 is 22.7 Å².